The van der Waals surface area contributed by atoms with Crippen LogP contribution in [0.1, 0.15) is 44.3 Å². The number of methoxy groups -OCH3 is 1. The molecule has 146 valence electrons. The third-order valence-electron chi connectivity index (χ3n) is 3.96. The molecule has 0 fully saturated rings. The maximum atomic E-state index is 12.1. The molecule has 1 aromatic rings. The first-order chi connectivity index (χ1) is 12.2. The zero-order chi connectivity index (χ0) is 19.9. The molecule has 1 heterocycles. The van der Waals surface area contributed by atoms with Gasteiger partial charge in [0.25, 0.3) is 0 Å². The van der Waals surface area contributed by atoms with E-state index >= 15 is 0 Å². The molecule has 0 aromatic carbocycles. The average Bonchev–Trinajstić information content (AvgIpc) is 3.06. The summed E-state index contributed by atoms with van der Waals surface area (Å²) in [6, 6.07) is 1.58. The van der Waals surface area contributed by atoms with Crippen LogP contribution in [0.2, 0.25) is 0 Å². The first kappa shape index (κ1) is 22.4. The lowest BCUT2D eigenvalue weighted by molar-refractivity contribution is 0.0605. The van der Waals surface area contributed by atoms with Gasteiger partial charge in [-0.2, -0.15) is 0 Å². The van der Waals surface area contributed by atoms with Crippen molar-refractivity contribution in [2.75, 3.05) is 12.0 Å². The number of allylic oxidation sites excluding steroid dienone is 1. The number of ether oxygens (including phenoxy) is 1. The molecule has 2 N–H and O–H groups in total. The van der Waals surface area contributed by atoms with Gasteiger partial charge >= 0.3 is 5.97 Å². The minimum absolute atomic E-state index is 0.148. The molecule has 1 aromatic heterocycles. The topological polar surface area (TPSA) is 70.0 Å². The van der Waals surface area contributed by atoms with E-state index in [1.165, 1.54) is 18.4 Å². The monoisotopic (exact) mass is 381 g/mol. The van der Waals surface area contributed by atoms with E-state index < -0.39 is 18.3 Å². The predicted molar refractivity (Wildman–Crippen MR) is 108 cm³/mol. The molecule has 0 aliphatic rings. The summed E-state index contributed by atoms with van der Waals surface area (Å²) in [7, 11) is 1.34. The Balaban J connectivity index is 3.26. The fourth-order valence-electron chi connectivity index (χ4n) is 2.52. The van der Waals surface area contributed by atoms with Gasteiger partial charge in [-0.05, 0) is 31.2 Å². The van der Waals surface area contributed by atoms with Crippen LogP contribution in [0.4, 0.5) is 5.69 Å². The van der Waals surface area contributed by atoms with E-state index in [0.29, 0.717) is 16.5 Å². The van der Waals surface area contributed by atoms with Crippen LogP contribution in [0.3, 0.4) is 0 Å². The van der Waals surface area contributed by atoms with Crippen LogP contribution < -0.4 is 4.90 Å². The van der Waals surface area contributed by atoms with E-state index in [1.807, 2.05) is 32.1 Å². The number of anilines is 1. The normalized spacial score (nSPS) is 16.8. The molecule has 0 bridgehead atoms. The summed E-state index contributed by atoms with van der Waals surface area (Å²) in [6.45, 7) is 9.68. The Morgan fingerprint density at radius 2 is 1.77 bits per heavy atom. The highest BCUT2D eigenvalue weighted by Crippen LogP contribution is 2.32. The molecule has 6 heteroatoms. The van der Waals surface area contributed by atoms with E-state index in [4.69, 9.17) is 4.74 Å². The first-order valence-corrected chi connectivity index (χ1v) is 9.73. The number of carbonyl (C=O) groups is 1. The Labute approximate surface area is 160 Å². The van der Waals surface area contributed by atoms with Crippen molar-refractivity contribution < 1.29 is 19.7 Å². The van der Waals surface area contributed by atoms with Crippen molar-refractivity contribution in [3.05, 3.63) is 40.6 Å². The van der Waals surface area contributed by atoms with Crippen molar-refractivity contribution in [3.8, 4) is 0 Å². The number of carbonyl (C=O) groups excluding carboxylic acids is 1. The van der Waals surface area contributed by atoms with Crippen molar-refractivity contribution in [2.45, 2.75) is 53.0 Å². The quantitative estimate of drug-likeness (QED) is 0.386. The molecule has 0 saturated heterocycles. The summed E-state index contributed by atoms with van der Waals surface area (Å²) in [6.07, 6.45) is 6.11. The molecule has 1 rings (SSSR count). The second kappa shape index (κ2) is 10.5. The Bertz CT molecular complexity index is 621. The van der Waals surface area contributed by atoms with Crippen LogP contribution in [0.25, 0.3) is 0 Å². The molecule has 0 saturated carbocycles. The summed E-state index contributed by atoms with van der Waals surface area (Å²) in [5.74, 6) is -0.188. The summed E-state index contributed by atoms with van der Waals surface area (Å²) in [5, 5.41) is 22.4. The third kappa shape index (κ3) is 6.27. The fourth-order valence-corrected chi connectivity index (χ4v) is 3.33. The maximum Gasteiger partial charge on any atom is 0.350 e. The van der Waals surface area contributed by atoms with Crippen molar-refractivity contribution in [1.29, 1.82) is 0 Å². The van der Waals surface area contributed by atoms with Gasteiger partial charge in [-0.15, -0.1) is 11.3 Å². The van der Waals surface area contributed by atoms with Gasteiger partial charge in [-0.3, -0.25) is 0 Å². The van der Waals surface area contributed by atoms with Gasteiger partial charge in [-0.25, -0.2) is 4.79 Å². The van der Waals surface area contributed by atoms with Gasteiger partial charge in [-0.1, -0.05) is 45.1 Å². The number of thiophene rings is 1. The van der Waals surface area contributed by atoms with Crippen LogP contribution in [0.5, 0.6) is 0 Å². The largest absolute Gasteiger partial charge is 0.465 e. The summed E-state index contributed by atoms with van der Waals surface area (Å²) < 4.78 is 4.87. The highest BCUT2D eigenvalue weighted by Gasteiger charge is 2.29. The Morgan fingerprint density at radius 3 is 2.31 bits per heavy atom. The van der Waals surface area contributed by atoms with E-state index in [-0.39, 0.29) is 12.0 Å². The summed E-state index contributed by atoms with van der Waals surface area (Å²) in [4.78, 5) is 14.3. The second-order valence-electron chi connectivity index (χ2n) is 6.80. The third-order valence-corrected chi connectivity index (χ3v) is 4.84. The molecular weight excluding hydrogens is 350 g/mol. The van der Waals surface area contributed by atoms with Crippen LogP contribution in [-0.4, -0.2) is 41.7 Å². The zero-order valence-corrected chi connectivity index (χ0v) is 17.2. The molecule has 4 unspecified atom stereocenters. The number of rotatable bonds is 9. The Morgan fingerprint density at radius 1 is 1.12 bits per heavy atom. The molecule has 0 spiro atoms. The molecule has 5 nitrogen and oxygen atoms in total. The summed E-state index contributed by atoms with van der Waals surface area (Å²) >= 11 is 1.28. The number of nitrogens with zero attached hydrogens (tertiary/aromatic N) is 1. The highest BCUT2D eigenvalue weighted by molar-refractivity contribution is 7.12. The fraction of sp³-hybridized carbons (Fsp3) is 0.550. The lowest BCUT2D eigenvalue weighted by Gasteiger charge is -2.36. The molecule has 26 heavy (non-hydrogen) atoms. The molecule has 0 radical (unpaired) electrons. The molecule has 0 aliphatic carbocycles. The number of hydrogen-bond donors (Lipinski definition) is 2. The van der Waals surface area contributed by atoms with Gasteiger partial charge < -0.3 is 19.8 Å². The maximum absolute atomic E-state index is 12.1. The lowest BCUT2D eigenvalue weighted by Crippen LogP contribution is -2.45. The zero-order valence-electron chi connectivity index (χ0n) is 16.4. The Kier molecular flexibility index (Phi) is 9.05. The van der Waals surface area contributed by atoms with E-state index in [1.54, 1.807) is 23.3 Å². The van der Waals surface area contributed by atoms with Gasteiger partial charge in [0.2, 0.25) is 0 Å². The number of aliphatic hydroxyl groups excluding tert-OH is 2. The minimum atomic E-state index is -0.836. The molecule has 4 atom stereocenters. The minimum Gasteiger partial charge on any atom is -0.465 e. The number of aliphatic hydroxyl groups is 2. The van der Waals surface area contributed by atoms with Crippen LogP contribution in [0.15, 0.2) is 35.8 Å². The predicted octanol–water partition coefficient (Wildman–Crippen LogP) is 3.83. The van der Waals surface area contributed by atoms with E-state index in [9.17, 15) is 15.0 Å². The SMILES string of the molecule is COC(=O)c1sccc1N(C(C)/C=C/C(C)O)C(O)C(C)/C=C/C(C)C. The molecular formula is C20H31NO4S. The number of hydrogen-bond acceptors (Lipinski definition) is 6. The van der Waals surface area contributed by atoms with Crippen LogP contribution >= 0.6 is 11.3 Å². The van der Waals surface area contributed by atoms with Gasteiger partial charge in [0.05, 0.1) is 18.9 Å². The van der Waals surface area contributed by atoms with Crippen molar-refractivity contribution in [3.63, 3.8) is 0 Å². The molecule has 0 aliphatic heterocycles. The summed E-state index contributed by atoms with van der Waals surface area (Å²) in [5.41, 5.74) is 0.627. The van der Waals surface area contributed by atoms with Crippen molar-refractivity contribution in [1.82, 2.24) is 0 Å². The smallest absolute Gasteiger partial charge is 0.350 e. The van der Waals surface area contributed by atoms with E-state index in [0.717, 1.165) is 0 Å². The Hall–Kier alpha value is -1.63. The highest BCUT2D eigenvalue weighted by atomic mass is 32.1. The van der Waals surface area contributed by atoms with Crippen molar-refractivity contribution in [2.24, 2.45) is 11.8 Å². The molecule has 0 amide bonds. The van der Waals surface area contributed by atoms with Gasteiger partial charge in [0.1, 0.15) is 11.1 Å². The first-order valence-electron chi connectivity index (χ1n) is 8.85. The van der Waals surface area contributed by atoms with Crippen LogP contribution in [-0.2, 0) is 4.74 Å². The lowest BCUT2D eigenvalue weighted by atomic mass is 10.0. The van der Waals surface area contributed by atoms with Gasteiger partial charge in [0.15, 0.2) is 0 Å². The van der Waals surface area contributed by atoms with E-state index in [2.05, 4.69) is 19.9 Å². The van der Waals surface area contributed by atoms with Crippen molar-refractivity contribution >= 4 is 23.0 Å². The second-order valence-corrected chi connectivity index (χ2v) is 7.72. The van der Waals surface area contributed by atoms with Crippen LogP contribution in [0, 0.1) is 11.8 Å². The number of esters is 1. The van der Waals surface area contributed by atoms with Gasteiger partial charge in [0, 0.05) is 12.0 Å². The standard InChI is InChI=1S/C20H31NO4S/c1-13(2)7-8-14(3)19(23)21(15(4)9-10-16(5)22)17-11-12-26-18(17)20(24)25-6/h7-16,19,22-23H,1-6H3/b8-7+,10-9+. The average molecular weight is 382 g/mol.